The van der Waals surface area contributed by atoms with E-state index in [1.54, 1.807) is 45.0 Å². The Morgan fingerprint density at radius 2 is 1.50 bits per heavy atom. The molecule has 1 aromatic rings. The van der Waals surface area contributed by atoms with Gasteiger partial charge in [-0.25, -0.2) is 0 Å². The van der Waals surface area contributed by atoms with E-state index in [9.17, 15) is 14.4 Å². The fourth-order valence-electron chi connectivity index (χ4n) is 2.28. The Morgan fingerprint density at radius 1 is 1.04 bits per heavy atom. The minimum Gasteiger partial charge on any atom is -0.481 e. The van der Waals surface area contributed by atoms with E-state index in [4.69, 9.17) is 14.6 Å². The molecule has 0 saturated carbocycles. The summed E-state index contributed by atoms with van der Waals surface area (Å²) in [6.45, 7) is 6.78. The third kappa shape index (κ3) is 4.57. The van der Waals surface area contributed by atoms with Crippen LogP contribution in [0, 0.1) is 5.41 Å². The Kier molecular flexibility index (Phi) is 6.95. The van der Waals surface area contributed by atoms with Crippen LogP contribution >= 0.6 is 0 Å². The van der Waals surface area contributed by atoms with Gasteiger partial charge >= 0.3 is 17.9 Å². The van der Waals surface area contributed by atoms with Crippen molar-refractivity contribution in [1.82, 2.24) is 0 Å². The number of carbonyl (C=O) groups excluding carboxylic acids is 2. The molecule has 0 radical (unpaired) electrons. The first-order valence-electron chi connectivity index (χ1n) is 7.92. The standard InChI is InChI=1S/C18H24O6/c1-5-23-16(21)18(4,17(22)24-6-2)11-13-7-9-14(10-8-13)12(3)15(19)20/h7-10,12H,5-6,11H2,1-4H3,(H,19,20). The van der Waals surface area contributed by atoms with E-state index in [1.807, 2.05) is 0 Å². The molecule has 0 fully saturated rings. The number of benzene rings is 1. The minimum absolute atomic E-state index is 0.117. The molecular weight excluding hydrogens is 312 g/mol. The maximum absolute atomic E-state index is 12.2. The van der Waals surface area contributed by atoms with Crippen molar-refractivity contribution in [3.05, 3.63) is 35.4 Å². The zero-order chi connectivity index (χ0) is 18.3. The lowest BCUT2D eigenvalue weighted by Crippen LogP contribution is -2.41. The number of aliphatic carboxylic acids is 1. The Balaban J connectivity index is 3.04. The van der Waals surface area contributed by atoms with Crippen molar-refractivity contribution in [2.75, 3.05) is 13.2 Å². The van der Waals surface area contributed by atoms with E-state index < -0.39 is 29.2 Å². The van der Waals surface area contributed by atoms with Gasteiger partial charge in [0, 0.05) is 0 Å². The molecule has 0 aliphatic carbocycles. The molecule has 1 atom stereocenters. The van der Waals surface area contributed by atoms with Gasteiger partial charge in [0.2, 0.25) is 0 Å². The van der Waals surface area contributed by atoms with Gasteiger partial charge in [-0.15, -0.1) is 0 Å². The van der Waals surface area contributed by atoms with Crippen LogP contribution in [0.2, 0.25) is 0 Å². The molecule has 0 aliphatic heterocycles. The molecule has 1 rings (SSSR count). The predicted molar refractivity (Wildman–Crippen MR) is 87.6 cm³/mol. The van der Waals surface area contributed by atoms with Crippen LogP contribution in [0.15, 0.2) is 24.3 Å². The average molecular weight is 336 g/mol. The second-order valence-electron chi connectivity index (χ2n) is 5.75. The van der Waals surface area contributed by atoms with E-state index in [-0.39, 0.29) is 19.6 Å². The highest BCUT2D eigenvalue weighted by Gasteiger charge is 2.44. The molecule has 1 unspecified atom stereocenters. The maximum Gasteiger partial charge on any atom is 0.323 e. The molecule has 6 nitrogen and oxygen atoms in total. The van der Waals surface area contributed by atoms with Crippen LogP contribution < -0.4 is 0 Å². The van der Waals surface area contributed by atoms with Gasteiger partial charge in [-0.3, -0.25) is 14.4 Å². The smallest absolute Gasteiger partial charge is 0.323 e. The van der Waals surface area contributed by atoms with Crippen LogP contribution in [0.3, 0.4) is 0 Å². The first-order valence-corrected chi connectivity index (χ1v) is 7.92. The molecule has 24 heavy (non-hydrogen) atoms. The summed E-state index contributed by atoms with van der Waals surface area (Å²) in [7, 11) is 0. The summed E-state index contributed by atoms with van der Waals surface area (Å²) in [6.07, 6.45) is 0.117. The van der Waals surface area contributed by atoms with E-state index in [0.29, 0.717) is 5.56 Å². The molecule has 0 spiro atoms. The Hall–Kier alpha value is -2.37. The van der Waals surface area contributed by atoms with Gasteiger partial charge in [0.15, 0.2) is 5.41 Å². The number of carboxylic acids is 1. The van der Waals surface area contributed by atoms with Crippen LogP contribution in [0.4, 0.5) is 0 Å². The van der Waals surface area contributed by atoms with E-state index in [2.05, 4.69) is 0 Å². The first-order chi connectivity index (χ1) is 11.3. The Morgan fingerprint density at radius 3 is 1.88 bits per heavy atom. The number of carbonyl (C=O) groups is 3. The third-order valence-corrected chi connectivity index (χ3v) is 3.86. The fraction of sp³-hybridized carbons (Fsp3) is 0.500. The van der Waals surface area contributed by atoms with Crippen molar-refractivity contribution in [1.29, 1.82) is 0 Å². The summed E-state index contributed by atoms with van der Waals surface area (Å²) in [5, 5.41) is 9.03. The zero-order valence-electron chi connectivity index (χ0n) is 14.5. The predicted octanol–water partition coefficient (Wildman–Crippen LogP) is 2.55. The highest BCUT2D eigenvalue weighted by atomic mass is 16.6. The minimum atomic E-state index is -1.44. The summed E-state index contributed by atoms with van der Waals surface area (Å²) >= 11 is 0. The van der Waals surface area contributed by atoms with Crippen molar-refractivity contribution in [3.63, 3.8) is 0 Å². The topological polar surface area (TPSA) is 89.9 Å². The molecule has 6 heteroatoms. The van der Waals surface area contributed by atoms with E-state index >= 15 is 0 Å². The number of carboxylic acid groups (broad SMARTS) is 1. The van der Waals surface area contributed by atoms with Crippen molar-refractivity contribution >= 4 is 17.9 Å². The second kappa shape index (κ2) is 8.47. The highest BCUT2D eigenvalue weighted by molar-refractivity contribution is 5.99. The van der Waals surface area contributed by atoms with E-state index in [0.717, 1.165) is 5.56 Å². The van der Waals surface area contributed by atoms with Crippen LogP contribution in [-0.4, -0.2) is 36.2 Å². The van der Waals surface area contributed by atoms with Gasteiger partial charge in [-0.2, -0.15) is 0 Å². The number of hydrogen-bond donors (Lipinski definition) is 1. The largest absolute Gasteiger partial charge is 0.481 e. The number of rotatable bonds is 8. The summed E-state index contributed by atoms with van der Waals surface area (Å²) in [6, 6.07) is 6.80. The van der Waals surface area contributed by atoms with Crippen LogP contribution in [-0.2, 0) is 30.3 Å². The normalized spacial score (nSPS) is 12.3. The fourth-order valence-corrected chi connectivity index (χ4v) is 2.28. The van der Waals surface area contributed by atoms with Crippen LogP contribution in [0.25, 0.3) is 0 Å². The van der Waals surface area contributed by atoms with Crippen molar-refractivity contribution in [3.8, 4) is 0 Å². The lowest BCUT2D eigenvalue weighted by Gasteiger charge is -2.25. The zero-order valence-corrected chi connectivity index (χ0v) is 14.5. The van der Waals surface area contributed by atoms with Gasteiger partial charge in [0.1, 0.15) is 0 Å². The molecule has 1 N–H and O–H groups in total. The lowest BCUT2D eigenvalue weighted by molar-refractivity contribution is -0.170. The summed E-state index contributed by atoms with van der Waals surface area (Å²) < 4.78 is 10.0. The van der Waals surface area contributed by atoms with Crippen LogP contribution in [0.1, 0.15) is 44.7 Å². The monoisotopic (exact) mass is 336 g/mol. The molecule has 0 bridgehead atoms. The molecule has 0 saturated heterocycles. The molecule has 0 heterocycles. The number of hydrogen-bond acceptors (Lipinski definition) is 5. The van der Waals surface area contributed by atoms with Gasteiger partial charge < -0.3 is 14.6 Å². The number of esters is 2. The third-order valence-electron chi connectivity index (χ3n) is 3.86. The summed E-state index contributed by atoms with van der Waals surface area (Å²) in [5.41, 5.74) is -0.0634. The number of ether oxygens (including phenoxy) is 2. The highest BCUT2D eigenvalue weighted by Crippen LogP contribution is 2.27. The quantitative estimate of drug-likeness (QED) is 0.579. The van der Waals surface area contributed by atoms with Crippen molar-refractivity contribution in [2.45, 2.75) is 40.0 Å². The van der Waals surface area contributed by atoms with Crippen LogP contribution in [0.5, 0.6) is 0 Å². The first kappa shape index (κ1) is 19.7. The molecular formula is C18H24O6. The Bertz CT molecular complexity index is 572. The SMILES string of the molecule is CCOC(=O)C(C)(Cc1ccc(C(C)C(=O)O)cc1)C(=O)OCC. The molecule has 0 amide bonds. The molecule has 132 valence electrons. The maximum atomic E-state index is 12.2. The average Bonchev–Trinajstić information content (AvgIpc) is 2.55. The lowest BCUT2D eigenvalue weighted by atomic mass is 9.83. The van der Waals surface area contributed by atoms with Gasteiger partial charge in [0.05, 0.1) is 19.1 Å². The molecule has 1 aromatic carbocycles. The Labute approximate surface area is 141 Å². The summed E-state index contributed by atoms with van der Waals surface area (Å²) in [5.74, 6) is -2.80. The van der Waals surface area contributed by atoms with Crippen molar-refractivity contribution in [2.24, 2.45) is 5.41 Å². The molecule has 0 aliphatic rings. The second-order valence-corrected chi connectivity index (χ2v) is 5.75. The van der Waals surface area contributed by atoms with E-state index in [1.165, 1.54) is 6.92 Å². The molecule has 0 aromatic heterocycles. The van der Waals surface area contributed by atoms with Crippen molar-refractivity contribution < 1.29 is 29.0 Å². The van der Waals surface area contributed by atoms with Gasteiger partial charge in [-0.1, -0.05) is 24.3 Å². The summed E-state index contributed by atoms with van der Waals surface area (Å²) in [4.78, 5) is 35.5. The van der Waals surface area contributed by atoms with Gasteiger partial charge in [0.25, 0.3) is 0 Å². The van der Waals surface area contributed by atoms with Gasteiger partial charge in [-0.05, 0) is 45.2 Å².